The number of H-pyrrole nitrogens is 1. The zero-order valence-electron chi connectivity index (χ0n) is 20.2. The van der Waals surface area contributed by atoms with E-state index in [4.69, 9.17) is 14.9 Å². The molecule has 2 heterocycles. The zero-order chi connectivity index (χ0) is 27.0. The molecule has 38 heavy (non-hydrogen) atoms. The number of hydrogen-bond acceptors (Lipinski definition) is 4. The van der Waals surface area contributed by atoms with Gasteiger partial charge >= 0.3 is 12.1 Å². The second-order valence-corrected chi connectivity index (χ2v) is 8.47. The molecule has 0 atom stereocenters. The molecule has 0 fully saturated rings. The van der Waals surface area contributed by atoms with Gasteiger partial charge in [-0.15, -0.1) is 0 Å². The monoisotopic (exact) mass is 518 g/mol. The number of nitrogens with one attached hydrogen (secondary N) is 2. The van der Waals surface area contributed by atoms with E-state index in [1.165, 1.54) is 22.3 Å². The summed E-state index contributed by atoms with van der Waals surface area (Å²) in [4.78, 5) is 21.1. The number of nitrogens with zero attached hydrogens (tertiary/aromatic N) is 2. The van der Waals surface area contributed by atoms with E-state index in [1.807, 2.05) is 30.6 Å². The summed E-state index contributed by atoms with van der Waals surface area (Å²) in [6.45, 7) is 1.82. The van der Waals surface area contributed by atoms with Crippen molar-refractivity contribution in [2.75, 3.05) is 6.54 Å². The van der Waals surface area contributed by atoms with E-state index in [0.29, 0.717) is 0 Å². The molecule has 9 heteroatoms. The number of halogens is 3. The molecule has 0 aliphatic heterocycles. The lowest BCUT2D eigenvalue weighted by Crippen LogP contribution is -2.21. The molecular weight excluding hydrogens is 493 g/mol. The van der Waals surface area contributed by atoms with Gasteiger partial charge in [0.05, 0.1) is 11.0 Å². The highest BCUT2D eigenvalue weighted by Crippen LogP contribution is 2.26. The van der Waals surface area contributed by atoms with Crippen molar-refractivity contribution in [3.63, 3.8) is 0 Å². The van der Waals surface area contributed by atoms with E-state index in [9.17, 15) is 13.2 Å². The van der Waals surface area contributed by atoms with Gasteiger partial charge in [0.1, 0.15) is 5.82 Å². The maximum atomic E-state index is 10.6. The minimum atomic E-state index is -5.08. The lowest BCUT2D eigenvalue weighted by molar-refractivity contribution is -0.192. The number of carboxylic acids is 1. The van der Waals surface area contributed by atoms with Crippen LogP contribution in [0.1, 0.15) is 11.1 Å². The Labute approximate surface area is 217 Å². The third-order valence-electron chi connectivity index (χ3n) is 5.72. The van der Waals surface area contributed by atoms with E-state index in [-0.39, 0.29) is 0 Å². The number of aliphatic carboxylic acids is 1. The second kappa shape index (κ2) is 12.2. The number of para-hydroxylation sites is 2. The SMILES string of the molecule is O=C(O)C(F)(F)F.c1cc(-c2ccc(CNCCc3ccncc3)cc2)cc(-c2nc3ccccc3[nH]2)c1. The standard InChI is InChI=1S/C27H24N4.C2HF3O2/c1-2-7-26-25(6-1)30-27(31-26)24-5-3-4-23(18-24)22-10-8-21(9-11-22)19-29-17-14-20-12-15-28-16-13-20;3-2(4,5)1(6)7/h1-13,15-16,18,29H,14,17,19H2,(H,30,31);(H,6,7). The van der Waals surface area contributed by atoms with E-state index in [0.717, 1.165) is 41.9 Å². The van der Waals surface area contributed by atoms with Gasteiger partial charge in [0, 0.05) is 24.5 Å². The molecule has 3 aromatic carbocycles. The number of hydrogen-bond donors (Lipinski definition) is 3. The van der Waals surface area contributed by atoms with Crippen LogP contribution in [0.25, 0.3) is 33.5 Å². The number of fused-ring (bicyclic) bond motifs is 1. The molecule has 0 aliphatic carbocycles. The predicted molar refractivity (Wildman–Crippen MR) is 140 cm³/mol. The number of benzene rings is 3. The van der Waals surface area contributed by atoms with Crippen LogP contribution in [0.15, 0.2) is 97.3 Å². The fraction of sp³-hybridized carbons (Fsp3) is 0.138. The number of rotatable bonds is 7. The van der Waals surface area contributed by atoms with Crippen molar-refractivity contribution in [3.05, 3.63) is 108 Å². The van der Waals surface area contributed by atoms with Gasteiger partial charge in [0.2, 0.25) is 0 Å². The Kier molecular flexibility index (Phi) is 8.50. The summed E-state index contributed by atoms with van der Waals surface area (Å²) in [5.41, 5.74) is 8.13. The largest absolute Gasteiger partial charge is 0.490 e. The van der Waals surface area contributed by atoms with Crippen LogP contribution in [0, 0.1) is 0 Å². The molecule has 0 aliphatic rings. The van der Waals surface area contributed by atoms with Crippen LogP contribution in [-0.2, 0) is 17.8 Å². The van der Waals surface area contributed by atoms with Gasteiger partial charge in [-0.3, -0.25) is 4.98 Å². The summed E-state index contributed by atoms with van der Waals surface area (Å²) in [6.07, 6.45) is -0.385. The van der Waals surface area contributed by atoms with E-state index < -0.39 is 12.1 Å². The topological polar surface area (TPSA) is 90.9 Å². The number of pyridine rings is 1. The number of carbonyl (C=O) groups is 1. The van der Waals surface area contributed by atoms with Crippen LogP contribution in [0.4, 0.5) is 13.2 Å². The minimum Gasteiger partial charge on any atom is -0.475 e. The molecule has 2 aromatic heterocycles. The Balaban J connectivity index is 0.000000426. The average molecular weight is 519 g/mol. The first kappa shape index (κ1) is 26.6. The highest BCUT2D eigenvalue weighted by atomic mass is 19.4. The van der Waals surface area contributed by atoms with Crippen molar-refractivity contribution in [2.24, 2.45) is 0 Å². The van der Waals surface area contributed by atoms with E-state index >= 15 is 0 Å². The Morgan fingerprint density at radius 1 is 0.842 bits per heavy atom. The van der Waals surface area contributed by atoms with Gasteiger partial charge in [-0.25, -0.2) is 9.78 Å². The smallest absolute Gasteiger partial charge is 0.475 e. The van der Waals surface area contributed by atoms with Crippen LogP contribution in [0.3, 0.4) is 0 Å². The maximum absolute atomic E-state index is 10.6. The maximum Gasteiger partial charge on any atom is 0.490 e. The molecule has 0 unspecified atom stereocenters. The van der Waals surface area contributed by atoms with E-state index in [2.05, 4.69) is 82.0 Å². The molecule has 194 valence electrons. The third kappa shape index (κ3) is 7.27. The van der Waals surface area contributed by atoms with Crippen molar-refractivity contribution in [1.29, 1.82) is 0 Å². The van der Waals surface area contributed by atoms with Gasteiger partial charge in [-0.1, -0.05) is 54.6 Å². The fourth-order valence-corrected chi connectivity index (χ4v) is 3.77. The van der Waals surface area contributed by atoms with Crippen LogP contribution in [0.2, 0.25) is 0 Å². The first-order valence-corrected chi connectivity index (χ1v) is 11.8. The quantitative estimate of drug-likeness (QED) is 0.221. The van der Waals surface area contributed by atoms with Crippen LogP contribution in [0.5, 0.6) is 0 Å². The van der Waals surface area contributed by atoms with Gasteiger partial charge in [-0.05, 0) is 65.6 Å². The number of aromatic nitrogens is 3. The van der Waals surface area contributed by atoms with Gasteiger partial charge in [-0.2, -0.15) is 13.2 Å². The number of carboxylic acid groups (broad SMARTS) is 1. The second-order valence-electron chi connectivity index (χ2n) is 8.47. The molecule has 5 rings (SSSR count). The Hall–Kier alpha value is -4.50. The number of alkyl halides is 3. The zero-order valence-corrected chi connectivity index (χ0v) is 20.2. The van der Waals surface area contributed by atoms with Crippen molar-refractivity contribution in [3.8, 4) is 22.5 Å². The van der Waals surface area contributed by atoms with Crippen LogP contribution < -0.4 is 5.32 Å². The summed E-state index contributed by atoms with van der Waals surface area (Å²) >= 11 is 0. The third-order valence-corrected chi connectivity index (χ3v) is 5.72. The molecule has 0 bridgehead atoms. The number of aromatic amines is 1. The lowest BCUT2D eigenvalue weighted by atomic mass is 10.0. The summed E-state index contributed by atoms with van der Waals surface area (Å²) < 4.78 is 31.7. The van der Waals surface area contributed by atoms with Crippen molar-refractivity contribution in [1.82, 2.24) is 20.3 Å². The Bertz CT molecular complexity index is 1450. The molecule has 0 radical (unpaired) electrons. The van der Waals surface area contributed by atoms with Crippen molar-refractivity contribution in [2.45, 2.75) is 19.1 Å². The van der Waals surface area contributed by atoms with E-state index in [1.54, 1.807) is 0 Å². The molecular formula is C29H25F3N4O2. The molecule has 5 aromatic rings. The highest BCUT2D eigenvalue weighted by molar-refractivity contribution is 5.80. The fourth-order valence-electron chi connectivity index (χ4n) is 3.77. The molecule has 3 N–H and O–H groups in total. The summed E-state index contributed by atoms with van der Waals surface area (Å²) in [5.74, 6) is -1.86. The van der Waals surface area contributed by atoms with Crippen molar-refractivity contribution >= 4 is 17.0 Å². The molecule has 0 amide bonds. The highest BCUT2D eigenvalue weighted by Gasteiger charge is 2.38. The van der Waals surface area contributed by atoms with Crippen LogP contribution in [-0.4, -0.2) is 38.7 Å². The van der Waals surface area contributed by atoms with Gasteiger partial charge < -0.3 is 15.4 Å². The molecule has 0 spiro atoms. The first-order valence-electron chi connectivity index (χ1n) is 11.8. The summed E-state index contributed by atoms with van der Waals surface area (Å²) in [5, 5.41) is 10.6. The van der Waals surface area contributed by atoms with Gasteiger partial charge in [0.25, 0.3) is 0 Å². The summed E-state index contributed by atoms with van der Waals surface area (Å²) in [7, 11) is 0. The Morgan fingerprint density at radius 2 is 1.53 bits per heavy atom. The Morgan fingerprint density at radius 3 is 2.21 bits per heavy atom. The number of imidazole rings is 1. The first-order chi connectivity index (χ1) is 18.3. The molecule has 0 saturated heterocycles. The minimum absolute atomic E-state index is 0.865. The van der Waals surface area contributed by atoms with Crippen LogP contribution >= 0.6 is 0 Å². The van der Waals surface area contributed by atoms with Gasteiger partial charge in [0.15, 0.2) is 0 Å². The average Bonchev–Trinajstić information content (AvgIpc) is 3.37. The molecule has 6 nitrogen and oxygen atoms in total. The van der Waals surface area contributed by atoms with Crippen molar-refractivity contribution < 1.29 is 23.1 Å². The summed E-state index contributed by atoms with van der Waals surface area (Å²) in [6, 6.07) is 29.6. The normalized spacial score (nSPS) is 11.1. The lowest BCUT2D eigenvalue weighted by Gasteiger charge is -2.08. The molecule has 0 saturated carbocycles. The predicted octanol–water partition coefficient (Wildman–Crippen LogP) is 6.26.